The molecule has 3 rings (SSSR count). The van der Waals surface area contributed by atoms with Crippen LogP contribution in [0.25, 0.3) is 0 Å². The van der Waals surface area contributed by atoms with Gasteiger partial charge >= 0.3 is 0 Å². The van der Waals surface area contributed by atoms with Crippen molar-refractivity contribution < 1.29 is 18.0 Å². The first kappa shape index (κ1) is 25.6. The normalized spacial score (nSPS) is 13.2. The van der Waals surface area contributed by atoms with Crippen LogP contribution in [-0.2, 0) is 27.8 Å². The number of sulfonamides is 1. The molecule has 0 radical (unpaired) electrons. The van der Waals surface area contributed by atoms with Crippen molar-refractivity contribution in [2.45, 2.75) is 43.8 Å². The molecular formula is C23H26BrN5O4S. The Morgan fingerprint density at radius 1 is 1.12 bits per heavy atom. The zero-order chi connectivity index (χ0) is 24.9. The lowest BCUT2D eigenvalue weighted by Gasteiger charge is -2.27. The van der Waals surface area contributed by atoms with Gasteiger partial charge < -0.3 is 10.6 Å². The number of rotatable bonds is 9. The number of aromatic nitrogens is 2. The van der Waals surface area contributed by atoms with Crippen molar-refractivity contribution >= 4 is 37.8 Å². The van der Waals surface area contributed by atoms with E-state index >= 15 is 0 Å². The minimum atomic E-state index is -3.90. The molecule has 9 nitrogen and oxygen atoms in total. The molecule has 1 aromatic heterocycles. The van der Waals surface area contributed by atoms with Gasteiger partial charge in [0.2, 0.25) is 15.9 Å². The predicted molar refractivity (Wildman–Crippen MR) is 131 cm³/mol. The fraction of sp³-hybridized carbons (Fsp3) is 0.261. The van der Waals surface area contributed by atoms with Crippen molar-refractivity contribution in [1.29, 1.82) is 0 Å². The Hall–Kier alpha value is -3.02. The van der Waals surface area contributed by atoms with Crippen LogP contribution in [0.3, 0.4) is 0 Å². The molecule has 2 aromatic carbocycles. The number of aryl methyl sites for hydroxylation is 1. The highest BCUT2D eigenvalue weighted by Gasteiger charge is 2.25. The Bertz CT molecular complexity index is 1280. The van der Waals surface area contributed by atoms with Crippen molar-refractivity contribution in [3.05, 3.63) is 82.1 Å². The maximum Gasteiger partial charge on any atom is 0.252 e. The van der Waals surface area contributed by atoms with Gasteiger partial charge in [-0.15, -0.1) is 0 Å². The average molecular weight is 548 g/mol. The van der Waals surface area contributed by atoms with Crippen LogP contribution in [0.2, 0.25) is 0 Å². The largest absolute Gasteiger partial charge is 0.347 e. The van der Waals surface area contributed by atoms with E-state index in [1.54, 1.807) is 17.7 Å². The number of primary sulfonamides is 1. The topological polar surface area (TPSA) is 136 Å². The third kappa shape index (κ3) is 6.52. The summed E-state index contributed by atoms with van der Waals surface area (Å²) in [6.45, 7) is 4.47. The Morgan fingerprint density at radius 3 is 2.41 bits per heavy atom. The van der Waals surface area contributed by atoms with Gasteiger partial charge in [-0.2, -0.15) is 5.10 Å². The van der Waals surface area contributed by atoms with Crippen molar-refractivity contribution in [1.82, 2.24) is 20.4 Å². The number of nitrogens with zero attached hydrogens (tertiary/aromatic N) is 2. The third-order valence-electron chi connectivity index (χ3n) is 5.21. The van der Waals surface area contributed by atoms with Crippen LogP contribution in [0.4, 0.5) is 0 Å². The summed E-state index contributed by atoms with van der Waals surface area (Å²) in [5, 5.41) is 15.4. The van der Waals surface area contributed by atoms with Crippen LogP contribution in [0.15, 0.2) is 70.2 Å². The summed E-state index contributed by atoms with van der Waals surface area (Å²) >= 11 is 3.24. The summed E-state index contributed by atoms with van der Waals surface area (Å²) in [6, 6.07) is 14.1. The van der Waals surface area contributed by atoms with E-state index in [1.807, 2.05) is 43.5 Å². The lowest BCUT2D eigenvalue weighted by molar-refractivity contribution is -0.121. The van der Waals surface area contributed by atoms with Gasteiger partial charge in [0.05, 0.1) is 34.7 Å². The van der Waals surface area contributed by atoms with E-state index in [1.165, 1.54) is 18.2 Å². The van der Waals surface area contributed by atoms with Gasteiger partial charge in [-0.05, 0) is 59.6 Å². The number of carbonyl (C=O) groups excluding carboxylic acids is 2. The van der Waals surface area contributed by atoms with Gasteiger partial charge in [0.15, 0.2) is 0 Å². The predicted octanol–water partition coefficient (Wildman–Crippen LogP) is 2.53. The fourth-order valence-electron chi connectivity index (χ4n) is 3.45. The van der Waals surface area contributed by atoms with Crippen molar-refractivity contribution in [2.75, 3.05) is 0 Å². The number of halogens is 1. The van der Waals surface area contributed by atoms with E-state index < -0.39 is 28.0 Å². The zero-order valence-electron chi connectivity index (χ0n) is 18.7. The number of carbonyl (C=O) groups is 2. The quantitative estimate of drug-likeness (QED) is 0.378. The molecule has 2 amide bonds. The molecule has 11 heteroatoms. The van der Waals surface area contributed by atoms with Gasteiger partial charge in [0, 0.05) is 17.2 Å². The number of nitrogens with one attached hydrogen (secondary N) is 2. The summed E-state index contributed by atoms with van der Waals surface area (Å²) in [4.78, 5) is 25.6. The number of amides is 2. The summed E-state index contributed by atoms with van der Waals surface area (Å²) in [7, 11) is -3.90. The molecule has 4 N–H and O–H groups in total. The zero-order valence-corrected chi connectivity index (χ0v) is 21.1. The molecule has 0 spiro atoms. The molecule has 0 aliphatic rings. The number of benzene rings is 2. The van der Waals surface area contributed by atoms with E-state index in [4.69, 9.17) is 5.14 Å². The average Bonchev–Trinajstić information content (AvgIpc) is 3.24. The smallest absolute Gasteiger partial charge is 0.252 e. The molecule has 0 saturated heterocycles. The maximum absolute atomic E-state index is 12.9. The number of hydrogen-bond donors (Lipinski definition) is 3. The molecule has 34 heavy (non-hydrogen) atoms. The second kappa shape index (κ2) is 10.9. The number of nitrogens with two attached hydrogens (primary N) is 1. The minimum absolute atomic E-state index is 0.107. The first-order valence-corrected chi connectivity index (χ1v) is 12.9. The highest BCUT2D eigenvalue weighted by Crippen LogP contribution is 2.22. The fourth-order valence-corrected chi connectivity index (χ4v) is 4.70. The molecular weight excluding hydrogens is 522 g/mol. The van der Waals surface area contributed by atoms with Gasteiger partial charge in [0.1, 0.15) is 0 Å². The molecule has 0 saturated carbocycles. The van der Waals surface area contributed by atoms with E-state index in [-0.39, 0.29) is 27.3 Å². The van der Waals surface area contributed by atoms with E-state index in [9.17, 15) is 18.0 Å². The van der Waals surface area contributed by atoms with Crippen LogP contribution >= 0.6 is 15.9 Å². The monoisotopic (exact) mass is 547 g/mol. The van der Waals surface area contributed by atoms with Crippen LogP contribution in [-0.4, -0.2) is 36.1 Å². The summed E-state index contributed by atoms with van der Waals surface area (Å²) in [5.74, 6) is -0.660. The lowest BCUT2D eigenvalue weighted by Crippen LogP contribution is -2.45. The van der Waals surface area contributed by atoms with Gasteiger partial charge in [-0.1, -0.05) is 30.3 Å². The molecule has 0 aliphatic heterocycles. The summed E-state index contributed by atoms with van der Waals surface area (Å²) in [6.07, 6.45) is 1.93. The van der Waals surface area contributed by atoms with Crippen molar-refractivity contribution in [3.63, 3.8) is 0 Å². The van der Waals surface area contributed by atoms with Gasteiger partial charge in [-0.3, -0.25) is 14.3 Å². The maximum atomic E-state index is 12.9. The van der Waals surface area contributed by atoms with E-state index in [2.05, 4.69) is 31.7 Å². The van der Waals surface area contributed by atoms with Crippen LogP contribution in [0, 0.1) is 0 Å². The molecule has 2 unspecified atom stereocenters. The highest BCUT2D eigenvalue weighted by atomic mass is 79.9. The van der Waals surface area contributed by atoms with Crippen molar-refractivity contribution in [3.8, 4) is 0 Å². The third-order valence-corrected chi connectivity index (χ3v) is 6.78. The molecule has 1 heterocycles. The summed E-state index contributed by atoms with van der Waals surface area (Å²) in [5.41, 5.74) is 1.72. The molecule has 0 fully saturated rings. The number of hydrogen-bond acceptors (Lipinski definition) is 5. The molecule has 3 aromatic rings. The van der Waals surface area contributed by atoms with E-state index in [0.29, 0.717) is 12.2 Å². The summed E-state index contributed by atoms with van der Waals surface area (Å²) < 4.78 is 25.1. The molecule has 0 aliphatic carbocycles. The molecule has 180 valence electrons. The Morgan fingerprint density at radius 2 is 1.82 bits per heavy atom. The second-order valence-electron chi connectivity index (χ2n) is 7.74. The standard InChI is InChI=1S/C23H26BrN5O4S/c1-3-29-12-11-17(28-29)13-21(30)27-22(16-7-5-4-6-8-16)15(2)26-23(31)19-10-9-18(14-20(19)24)34(25,32)33/h4-12,14-15,22H,3,13H2,1-2H3,(H,26,31)(H,27,30)(H2,25,32,33). The Labute approximate surface area is 206 Å². The van der Waals surface area contributed by atoms with E-state index in [0.717, 1.165) is 5.56 Å². The van der Waals surface area contributed by atoms with Gasteiger partial charge in [-0.25, -0.2) is 13.6 Å². The molecule has 0 bridgehead atoms. The highest BCUT2D eigenvalue weighted by molar-refractivity contribution is 9.10. The minimum Gasteiger partial charge on any atom is -0.347 e. The van der Waals surface area contributed by atoms with Crippen LogP contribution in [0.1, 0.15) is 41.5 Å². The lowest BCUT2D eigenvalue weighted by atomic mass is 9.99. The first-order chi connectivity index (χ1) is 16.1. The Balaban J connectivity index is 1.77. The first-order valence-electron chi connectivity index (χ1n) is 10.6. The molecule has 2 atom stereocenters. The Kier molecular flexibility index (Phi) is 8.24. The second-order valence-corrected chi connectivity index (χ2v) is 10.2. The van der Waals surface area contributed by atoms with Crippen LogP contribution < -0.4 is 15.8 Å². The van der Waals surface area contributed by atoms with Crippen molar-refractivity contribution in [2.24, 2.45) is 5.14 Å². The van der Waals surface area contributed by atoms with Crippen LogP contribution in [0.5, 0.6) is 0 Å². The van der Waals surface area contributed by atoms with Gasteiger partial charge in [0.25, 0.3) is 5.91 Å². The SMILES string of the molecule is CCn1ccc(CC(=O)NC(c2ccccc2)C(C)NC(=O)c2ccc(S(N)(=O)=O)cc2Br)n1.